The van der Waals surface area contributed by atoms with Crippen LogP contribution < -0.4 is 4.90 Å². The number of nitrogens with zero attached hydrogens (tertiary/aromatic N) is 2. The Balaban J connectivity index is 3.12. The van der Waals surface area contributed by atoms with Crippen molar-refractivity contribution in [2.75, 3.05) is 11.4 Å². The highest BCUT2D eigenvalue weighted by Gasteiger charge is 2.15. The number of carboxylic acid groups (broad SMARTS) is 1. The van der Waals surface area contributed by atoms with E-state index < -0.39 is 5.97 Å². The van der Waals surface area contributed by atoms with E-state index >= 15 is 0 Å². The minimum absolute atomic E-state index is 0.0843. The van der Waals surface area contributed by atoms with Gasteiger partial charge in [0.15, 0.2) is 0 Å². The molecule has 0 aliphatic rings. The molecule has 1 N–H and O–H groups in total. The molecule has 92 valence electrons. The second-order valence-electron chi connectivity index (χ2n) is 3.87. The highest BCUT2D eigenvalue weighted by Crippen LogP contribution is 2.25. The molecule has 0 aliphatic heterocycles. The average molecular weight is 255 g/mol. The molecule has 1 heterocycles. The van der Waals surface area contributed by atoms with Gasteiger partial charge in [-0.05, 0) is 19.9 Å². The summed E-state index contributed by atoms with van der Waals surface area (Å²) in [4.78, 5) is 16.8. The van der Waals surface area contributed by atoms with Crippen molar-refractivity contribution in [3.63, 3.8) is 0 Å². The van der Waals surface area contributed by atoms with Gasteiger partial charge in [-0.25, -0.2) is 9.78 Å². The van der Waals surface area contributed by atoms with Gasteiger partial charge in [-0.2, -0.15) is 0 Å². The summed E-state index contributed by atoms with van der Waals surface area (Å²) in [5.74, 6) is -0.461. The summed E-state index contributed by atoms with van der Waals surface area (Å²) in [7, 11) is 0. The molecule has 0 aliphatic carbocycles. The van der Waals surface area contributed by atoms with Crippen LogP contribution in [0, 0.1) is 0 Å². The number of carboxylic acids is 1. The van der Waals surface area contributed by atoms with Crippen molar-refractivity contribution in [3.05, 3.63) is 35.5 Å². The molecule has 0 bridgehead atoms. The minimum atomic E-state index is -1.04. The molecule has 5 heteroatoms. The summed E-state index contributed by atoms with van der Waals surface area (Å²) in [6.45, 7) is 8.30. The summed E-state index contributed by atoms with van der Waals surface area (Å²) >= 11 is 6.05. The predicted molar refractivity (Wildman–Crippen MR) is 68.9 cm³/mol. The molecule has 0 saturated heterocycles. The van der Waals surface area contributed by atoms with Gasteiger partial charge in [-0.15, -0.1) is 6.58 Å². The predicted octanol–water partition coefficient (Wildman–Crippen LogP) is 2.83. The number of pyridine rings is 1. The molecule has 0 saturated carbocycles. The molecule has 0 spiro atoms. The molecule has 0 unspecified atom stereocenters. The lowest BCUT2D eigenvalue weighted by atomic mass is 10.2. The molecule has 0 radical (unpaired) electrons. The van der Waals surface area contributed by atoms with Crippen LogP contribution in [-0.2, 0) is 0 Å². The minimum Gasteiger partial charge on any atom is -0.478 e. The van der Waals surface area contributed by atoms with E-state index in [0.717, 1.165) is 0 Å². The highest BCUT2D eigenvalue weighted by molar-refractivity contribution is 6.33. The normalized spacial score (nSPS) is 10.4. The Kier molecular flexibility index (Phi) is 4.52. The average Bonchev–Trinajstić information content (AvgIpc) is 2.26. The lowest BCUT2D eigenvalue weighted by Crippen LogP contribution is -2.31. The first-order valence-electron chi connectivity index (χ1n) is 5.23. The number of hydrogen-bond acceptors (Lipinski definition) is 3. The molecular weight excluding hydrogens is 240 g/mol. The second kappa shape index (κ2) is 5.68. The van der Waals surface area contributed by atoms with Crippen molar-refractivity contribution in [3.8, 4) is 0 Å². The largest absolute Gasteiger partial charge is 0.478 e. The van der Waals surface area contributed by atoms with Gasteiger partial charge in [-0.3, -0.25) is 0 Å². The maximum absolute atomic E-state index is 10.8. The molecule has 0 aromatic carbocycles. The lowest BCUT2D eigenvalue weighted by Gasteiger charge is -2.27. The van der Waals surface area contributed by atoms with Crippen molar-refractivity contribution in [2.24, 2.45) is 0 Å². The fourth-order valence-corrected chi connectivity index (χ4v) is 1.71. The van der Waals surface area contributed by atoms with Crippen LogP contribution in [0.25, 0.3) is 0 Å². The van der Waals surface area contributed by atoms with E-state index in [-0.39, 0.29) is 11.6 Å². The van der Waals surface area contributed by atoms with Crippen molar-refractivity contribution in [1.82, 2.24) is 4.98 Å². The summed E-state index contributed by atoms with van der Waals surface area (Å²) in [6.07, 6.45) is 3.06. The molecule has 1 aromatic rings. The number of halogens is 1. The second-order valence-corrected chi connectivity index (χ2v) is 4.28. The molecule has 4 nitrogen and oxygen atoms in total. The van der Waals surface area contributed by atoms with Crippen molar-refractivity contribution in [1.29, 1.82) is 0 Å². The maximum Gasteiger partial charge on any atom is 0.337 e. The summed E-state index contributed by atoms with van der Waals surface area (Å²) in [5, 5.41) is 9.16. The van der Waals surface area contributed by atoms with Gasteiger partial charge in [0, 0.05) is 18.8 Å². The Morgan fingerprint density at radius 1 is 1.71 bits per heavy atom. The Labute approximate surface area is 106 Å². The first-order valence-corrected chi connectivity index (χ1v) is 5.61. The molecular formula is C12H15ClN2O2. The molecule has 0 atom stereocenters. The lowest BCUT2D eigenvalue weighted by molar-refractivity contribution is 0.0696. The van der Waals surface area contributed by atoms with Crippen molar-refractivity contribution < 1.29 is 9.90 Å². The monoisotopic (exact) mass is 254 g/mol. The third-order valence-electron chi connectivity index (χ3n) is 2.29. The first kappa shape index (κ1) is 13.5. The van der Waals surface area contributed by atoms with Crippen LogP contribution in [0.3, 0.4) is 0 Å². The van der Waals surface area contributed by atoms with Crippen LogP contribution in [0.4, 0.5) is 5.82 Å². The van der Waals surface area contributed by atoms with E-state index in [4.69, 9.17) is 16.7 Å². The van der Waals surface area contributed by atoms with E-state index in [9.17, 15) is 4.79 Å². The topological polar surface area (TPSA) is 53.4 Å². The van der Waals surface area contributed by atoms with Crippen LogP contribution in [0.2, 0.25) is 5.02 Å². The van der Waals surface area contributed by atoms with Gasteiger partial charge in [-0.1, -0.05) is 17.7 Å². The van der Waals surface area contributed by atoms with Crippen LogP contribution in [0.15, 0.2) is 24.9 Å². The molecule has 17 heavy (non-hydrogen) atoms. The van der Waals surface area contributed by atoms with E-state index in [1.807, 2.05) is 18.7 Å². The number of aromatic carboxylic acids is 1. The smallest absolute Gasteiger partial charge is 0.337 e. The summed E-state index contributed by atoms with van der Waals surface area (Å²) < 4.78 is 0. The summed E-state index contributed by atoms with van der Waals surface area (Å²) in [5.41, 5.74) is 0.0843. The quantitative estimate of drug-likeness (QED) is 0.821. The van der Waals surface area contributed by atoms with Crippen LogP contribution in [0.5, 0.6) is 0 Å². The van der Waals surface area contributed by atoms with Gasteiger partial charge < -0.3 is 10.0 Å². The number of carbonyl (C=O) groups is 1. The zero-order chi connectivity index (χ0) is 13.0. The van der Waals surface area contributed by atoms with E-state index in [1.54, 1.807) is 6.08 Å². The van der Waals surface area contributed by atoms with Crippen molar-refractivity contribution >= 4 is 23.4 Å². The molecule has 1 rings (SSSR count). The maximum atomic E-state index is 10.8. The van der Waals surface area contributed by atoms with Gasteiger partial charge in [0.25, 0.3) is 0 Å². The Bertz CT molecular complexity index is 433. The number of aromatic nitrogens is 1. The Morgan fingerprint density at radius 3 is 2.76 bits per heavy atom. The third kappa shape index (κ3) is 3.20. The van der Waals surface area contributed by atoms with Gasteiger partial charge in [0.1, 0.15) is 5.82 Å². The summed E-state index contributed by atoms with van der Waals surface area (Å²) in [6, 6.07) is 1.61. The zero-order valence-electron chi connectivity index (χ0n) is 9.85. The van der Waals surface area contributed by atoms with Crippen LogP contribution in [0.1, 0.15) is 24.2 Å². The Morgan fingerprint density at radius 2 is 2.35 bits per heavy atom. The van der Waals surface area contributed by atoms with Gasteiger partial charge in [0.2, 0.25) is 0 Å². The van der Waals surface area contributed by atoms with Crippen molar-refractivity contribution in [2.45, 2.75) is 19.9 Å². The highest BCUT2D eigenvalue weighted by atomic mass is 35.5. The number of anilines is 1. The number of hydrogen-bond donors (Lipinski definition) is 1. The van der Waals surface area contributed by atoms with Crippen LogP contribution in [-0.4, -0.2) is 28.6 Å². The SMILES string of the molecule is C=CCN(c1ncc(C(=O)O)cc1Cl)C(C)C. The molecule has 0 amide bonds. The molecule has 1 aromatic heterocycles. The Hall–Kier alpha value is -1.55. The molecule has 0 fully saturated rings. The number of rotatable bonds is 5. The standard InChI is InChI=1S/C12H15ClN2O2/c1-4-5-15(8(2)3)11-10(13)6-9(7-14-11)12(16)17/h4,6-8H,1,5H2,2-3H3,(H,16,17). The van der Waals surface area contributed by atoms with E-state index in [1.165, 1.54) is 12.3 Å². The van der Waals surface area contributed by atoms with Gasteiger partial charge in [0.05, 0.1) is 10.6 Å². The fourth-order valence-electron chi connectivity index (χ4n) is 1.44. The van der Waals surface area contributed by atoms with E-state index in [0.29, 0.717) is 17.4 Å². The third-order valence-corrected chi connectivity index (χ3v) is 2.57. The van der Waals surface area contributed by atoms with Gasteiger partial charge >= 0.3 is 5.97 Å². The van der Waals surface area contributed by atoms with E-state index in [2.05, 4.69) is 11.6 Å². The first-order chi connectivity index (χ1) is 7.97. The van der Waals surface area contributed by atoms with Crippen LogP contribution >= 0.6 is 11.6 Å². The fraction of sp³-hybridized carbons (Fsp3) is 0.333. The zero-order valence-corrected chi connectivity index (χ0v) is 10.6.